The highest BCUT2D eigenvalue weighted by Gasteiger charge is 2.38. The van der Waals surface area contributed by atoms with Crippen molar-refractivity contribution in [1.82, 2.24) is 5.32 Å². The summed E-state index contributed by atoms with van der Waals surface area (Å²) in [6.45, 7) is 0. The van der Waals surface area contributed by atoms with E-state index in [-0.39, 0.29) is 10.4 Å². The van der Waals surface area contributed by atoms with Crippen molar-refractivity contribution in [2.24, 2.45) is 0 Å². The Labute approximate surface area is 154 Å². The van der Waals surface area contributed by atoms with E-state index in [1.165, 1.54) is 24.3 Å². The Morgan fingerprint density at radius 2 is 1.85 bits per heavy atom. The standard InChI is InChI=1S/C17H12F3NO3S2/c18-17(19,20)14-10(9-4-2-1-3-5-9)8-12(26-14)15(22)21-11-6-7-25-13(11)16(23)24/h1-8,11,13H,(H,21,22)(H,23,24). The van der Waals surface area contributed by atoms with E-state index in [0.29, 0.717) is 16.9 Å². The number of benzene rings is 1. The molecule has 9 heteroatoms. The molecular formula is C17H12F3NO3S2. The lowest BCUT2D eigenvalue weighted by Gasteiger charge is -2.15. The average Bonchev–Trinajstić information content (AvgIpc) is 3.22. The van der Waals surface area contributed by atoms with Crippen molar-refractivity contribution in [3.8, 4) is 11.1 Å². The number of thiophene rings is 1. The highest BCUT2D eigenvalue weighted by molar-refractivity contribution is 8.03. The van der Waals surface area contributed by atoms with Crippen molar-refractivity contribution in [3.05, 3.63) is 57.6 Å². The van der Waals surface area contributed by atoms with Gasteiger partial charge in [-0.15, -0.1) is 23.1 Å². The predicted octanol–water partition coefficient (Wildman–Crippen LogP) is 4.25. The molecule has 3 rings (SSSR count). The summed E-state index contributed by atoms with van der Waals surface area (Å²) >= 11 is 1.38. The third-order valence-corrected chi connectivity index (χ3v) is 5.96. The minimum absolute atomic E-state index is 0.0700. The zero-order valence-corrected chi connectivity index (χ0v) is 14.6. The second-order valence-corrected chi connectivity index (χ2v) is 7.54. The Morgan fingerprint density at radius 3 is 2.46 bits per heavy atom. The number of halogens is 3. The number of carbonyl (C=O) groups excluding carboxylic acids is 1. The molecule has 1 aliphatic rings. The number of hydrogen-bond donors (Lipinski definition) is 2. The first-order valence-electron chi connectivity index (χ1n) is 7.39. The second-order valence-electron chi connectivity index (χ2n) is 5.44. The molecule has 0 radical (unpaired) electrons. The van der Waals surface area contributed by atoms with E-state index in [9.17, 15) is 22.8 Å². The minimum atomic E-state index is -4.60. The summed E-state index contributed by atoms with van der Waals surface area (Å²) in [6.07, 6.45) is -3.08. The van der Waals surface area contributed by atoms with Crippen molar-refractivity contribution < 1.29 is 27.9 Å². The van der Waals surface area contributed by atoms with E-state index in [0.717, 1.165) is 11.8 Å². The van der Waals surface area contributed by atoms with Crippen LogP contribution in [-0.4, -0.2) is 28.3 Å². The van der Waals surface area contributed by atoms with Crippen LogP contribution in [0.5, 0.6) is 0 Å². The topological polar surface area (TPSA) is 66.4 Å². The molecule has 4 nitrogen and oxygen atoms in total. The Hall–Kier alpha value is -2.26. The van der Waals surface area contributed by atoms with E-state index >= 15 is 0 Å². The molecule has 2 heterocycles. The van der Waals surface area contributed by atoms with Gasteiger partial charge in [0.2, 0.25) is 0 Å². The largest absolute Gasteiger partial charge is 0.480 e. The fourth-order valence-corrected chi connectivity index (χ4v) is 4.33. The Bertz CT molecular complexity index is 862. The maximum Gasteiger partial charge on any atom is 0.426 e. The third kappa shape index (κ3) is 3.78. The molecule has 0 aliphatic carbocycles. The molecule has 0 saturated carbocycles. The number of carbonyl (C=O) groups is 2. The molecule has 0 fully saturated rings. The molecule has 2 atom stereocenters. The number of thioether (sulfide) groups is 1. The first kappa shape index (κ1) is 18.5. The van der Waals surface area contributed by atoms with E-state index in [1.54, 1.807) is 23.6 Å². The Balaban J connectivity index is 1.91. The molecule has 2 N–H and O–H groups in total. The summed E-state index contributed by atoms with van der Waals surface area (Å²) in [5, 5.41) is 12.3. The van der Waals surface area contributed by atoms with Crippen LogP contribution in [0.25, 0.3) is 11.1 Å². The van der Waals surface area contributed by atoms with Crippen LogP contribution in [0.2, 0.25) is 0 Å². The number of carboxylic acid groups (broad SMARTS) is 1. The quantitative estimate of drug-likeness (QED) is 0.807. The zero-order valence-electron chi connectivity index (χ0n) is 13.0. The number of alkyl halides is 3. The molecule has 0 saturated heterocycles. The smallest absolute Gasteiger partial charge is 0.426 e. The highest BCUT2D eigenvalue weighted by Crippen LogP contribution is 2.42. The van der Waals surface area contributed by atoms with Gasteiger partial charge in [-0.05, 0) is 17.0 Å². The third-order valence-electron chi connectivity index (χ3n) is 3.68. The Morgan fingerprint density at radius 1 is 1.15 bits per heavy atom. The molecule has 136 valence electrons. The number of rotatable bonds is 4. The van der Waals surface area contributed by atoms with Crippen molar-refractivity contribution in [3.63, 3.8) is 0 Å². The van der Waals surface area contributed by atoms with Crippen molar-refractivity contribution in [1.29, 1.82) is 0 Å². The zero-order chi connectivity index (χ0) is 18.9. The van der Waals surface area contributed by atoms with Crippen LogP contribution >= 0.6 is 23.1 Å². The van der Waals surface area contributed by atoms with Crippen LogP contribution in [0.3, 0.4) is 0 Å². The fourth-order valence-electron chi connectivity index (χ4n) is 2.50. The van der Waals surface area contributed by atoms with E-state index in [2.05, 4.69) is 5.32 Å². The Kier molecular flexibility index (Phi) is 5.10. The summed E-state index contributed by atoms with van der Waals surface area (Å²) < 4.78 is 40.1. The number of nitrogens with one attached hydrogen (secondary N) is 1. The highest BCUT2D eigenvalue weighted by atomic mass is 32.2. The van der Waals surface area contributed by atoms with E-state index in [4.69, 9.17) is 5.11 Å². The minimum Gasteiger partial charge on any atom is -0.480 e. The predicted molar refractivity (Wildman–Crippen MR) is 94.2 cm³/mol. The number of carboxylic acids is 1. The second kappa shape index (κ2) is 7.16. The lowest BCUT2D eigenvalue weighted by atomic mass is 10.1. The normalized spacial score (nSPS) is 19.5. The lowest BCUT2D eigenvalue weighted by Crippen LogP contribution is -2.42. The van der Waals surface area contributed by atoms with Crippen molar-refractivity contribution in [2.45, 2.75) is 17.5 Å². The van der Waals surface area contributed by atoms with Gasteiger partial charge in [0, 0.05) is 5.56 Å². The van der Waals surface area contributed by atoms with Gasteiger partial charge in [-0.3, -0.25) is 9.59 Å². The van der Waals surface area contributed by atoms with E-state index in [1.807, 2.05) is 0 Å². The maximum absolute atomic E-state index is 13.4. The summed E-state index contributed by atoms with van der Waals surface area (Å²) in [5.41, 5.74) is 0.286. The monoisotopic (exact) mass is 399 g/mol. The van der Waals surface area contributed by atoms with Crippen molar-refractivity contribution in [2.75, 3.05) is 0 Å². The lowest BCUT2D eigenvalue weighted by molar-refractivity contribution is -0.136. The molecule has 26 heavy (non-hydrogen) atoms. The van der Waals surface area contributed by atoms with Crippen LogP contribution in [0.1, 0.15) is 14.5 Å². The number of hydrogen-bond acceptors (Lipinski definition) is 4. The van der Waals surface area contributed by atoms with Gasteiger partial charge in [-0.25, -0.2) is 0 Å². The summed E-state index contributed by atoms with van der Waals surface area (Å²) in [6, 6.07) is 8.41. The maximum atomic E-state index is 13.4. The van der Waals surface area contributed by atoms with Gasteiger partial charge in [0.15, 0.2) is 0 Å². The van der Waals surface area contributed by atoms with Gasteiger partial charge in [0.1, 0.15) is 10.1 Å². The first-order valence-corrected chi connectivity index (χ1v) is 9.15. The number of amides is 1. The van der Waals surface area contributed by atoms with Gasteiger partial charge in [-0.1, -0.05) is 36.4 Å². The van der Waals surface area contributed by atoms with Gasteiger partial charge in [0.25, 0.3) is 5.91 Å². The molecule has 0 bridgehead atoms. The average molecular weight is 399 g/mol. The molecule has 1 aromatic carbocycles. The van der Waals surface area contributed by atoms with Crippen molar-refractivity contribution >= 4 is 35.0 Å². The molecule has 0 spiro atoms. The van der Waals surface area contributed by atoms with Crippen LogP contribution in [0.4, 0.5) is 13.2 Å². The van der Waals surface area contributed by atoms with Crippen LogP contribution in [0.15, 0.2) is 47.9 Å². The molecule has 1 aliphatic heterocycles. The van der Waals surface area contributed by atoms with Crippen LogP contribution in [-0.2, 0) is 11.0 Å². The van der Waals surface area contributed by atoms with Gasteiger partial charge in [-0.2, -0.15) is 13.2 Å². The van der Waals surface area contributed by atoms with Gasteiger partial charge >= 0.3 is 12.1 Å². The molecular weight excluding hydrogens is 387 g/mol. The summed E-state index contributed by atoms with van der Waals surface area (Å²) in [5.74, 6) is -1.83. The molecule has 1 amide bonds. The SMILES string of the molecule is O=C(NC1C=CSC1C(=O)O)c1cc(-c2ccccc2)c(C(F)(F)F)s1. The fraction of sp³-hybridized carbons (Fsp3) is 0.176. The summed E-state index contributed by atoms with van der Waals surface area (Å²) in [7, 11) is 0. The van der Waals surface area contributed by atoms with Crippen LogP contribution < -0.4 is 5.32 Å². The molecule has 2 unspecified atom stereocenters. The van der Waals surface area contributed by atoms with Gasteiger partial charge in [0.05, 0.1) is 10.9 Å². The van der Waals surface area contributed by atoms with E-state index < -0.39 is 34.2 Å². The molecule has 1 aromatic heterocycles. The van der Waals surface area contributed by atoms with Crippen LogP contribution in [0, 0.1) is 0 Å². The first-order chi connectivity index (χ1) is 12.3. The van der Waals surface area contributed by atoms with Gasteiger partial charge < -0.3 is 10.4 Å². The summed E-state index contributed by atoms with van der Waals surface area (Å²) in [4.78, 5) is 22.6. The molecule has 2 aromatic rings. The number of aliphatic carboxylic acids is 1.